The molecule has 0 spiro atoms. The minimum absolute atomic E-state index is 0.0175. The smallest absolute Gasteiger partial charge is 0.146 e. The third-order valence-corrected chi connectivity index (χ3v) is 5.36. The van der Waals surface area contributed by atoms with E-state index in [-0.39, 0.29) is 17.3 Å². The molecule has 0 aliphatic heterocycles. The van der Waals surface area contributed by atoms with Crippen molar-refractivity contribution >= 4 is 12.6 Å². The molecule has 0 N–H and O–H groups in total. The number of carbonyl (C=O) groups is 2. The Morgan fingerprint density at radius 3 is 2.47 bits per heavy atom. The van der Waals surface area contributed by atoms with Crippen molar-refractivity contribution in [2.75, 3.05) is 0 Å². The lowest BCUT2D eigenvalue weighted by Crippen LogP contribution is -2.39. The van der Waals surface area contributed by atoms with Crippen LogP contribution < -0.4 is 0 Å². The zero-order valence-corrected chi connectivity index (χ0v) is 11.2. The molecule has 0 radical (unpaired) electrons. The summed E-state index contributed by atoms with van der Waals surface area (Å²) in [6, 6.07) is 0. The number of hydrogen-bond donors (Lipinski definition) is 0. The summed E-state index contributed by atoms with van der Waals surface area (Å²) >= 11 is 0. The highest BCUT2D eigenvalue weighted by atomic mass is 16.1. The lowest BCUT2D eigenvalue weighted by molar-refractivity contribution is -0.117. The summed E-state index contributed by atoms with van der Waals surface area (Å²) < 4.78 is 0. The van der Waals surface area contributed by atoms with Crippen molar-refractivity contribution in [1.82, 2.24) is 0 Å². The van der Waals surface area contributed by atoms with E-state index in [1.165, 1.54) is 0 Å². The fraction of sp³-hybridized carbons (Fsp3) is 0.733. The van der Waals surface area contributed by atoms with Crippen molar-refractivity contribution < 1.29 is 9.59 Å². The molecule has 2 aliphatic rings. The second-order valence-corrected chi connectivity index (χ2v) is 6.25. The van der Waals surface area contributed by atoms with Crippen molar-refractivity contribution in [2.45, 2.75) is 40.5 Å². The van der Waals surface area contributed by atoms with Crippen molar-refractivity contribution in [2.24, 2.45) is 29.1 Å². The Morgan fingerprint density at radius 1 is 1.35 bits per heavy atom. The van der Waals surface area contributed by atoms with Gasteiger partial charge in [-0.05, 0) is 42.6 Å². The van der Waals surface area contributed by atoms with Gasteiger partial charge >= 0.3 is 0 Å². The van der Waals surface area contributed by atoms with E-state index >= 15 is 0 Å². The van der Waals surface area contributed by atoms with Gasteiger partial charge in [-0.1, -0.05) is 26.3 Å². The maximum atomic E-state index is 11.5. The minimum Gasteiger partial charge on any atom is -0.303 e. The normalized spacial score (nSPS) is 40.9. The first-order valence-corrected chi connectivity index (χ1v) is 6.59. The first kappa shape index (κ1) is 12.5. The molecule has 4 atom stereocenters. The molecule has 94 valence electrons. The molecule has 2 nitrogen and oxygen atoms in total. The Balaban J connectivity index is 2.51. The first-order chi connectivity index (χ1) is 7.97. The van der Waals surface area contributed by atoms with Gasteiger partial charge < -0.3 is 4.79 Å². The van der Waals surface area contributed by atoms with Gasteiger partial charge in [0.15, 0.2) is 0 Å². The van der Waals surface area contributed by atoms with E-state index < -0.39 is 0 Å². The van der Waals surface area contributed by atoms with Crippen LogP contribution in [0.15, 0.2) is 11.1 Å². The molecule has 2 bridgehead atoms. The van der Waals surface area contributed by atoms with Crippen LogP contribution >= 0.6 is 0 Å². The molecule has 1 fully saturated rings. The third-order valence-electron chi connectivity index (χ3n) is 5.36. The highest BCUT2D eigenvalue weighted by molar-refractivity contribution is 5.80. The molecular formula is C15H22O2. The summed E-state index contributed by atoms with van der Waals surface area (Å²) in [5.41, 5.74) is 2.02. The van der Waals surface area contributed by atoms with E-state index in [0.717, 1.165) is 36.6 Å². The molecule has 2 heteroatoms. The van der Waals surface area contributed by atoms with Gasteiger partial charge in [0.05, 0.1) is 0 Å². The average Bonchev–Trinajstić information content (AvgIpc) is 2.41. The zero-order valence-electron chi connectivity index (χ0n) is 11.2. The molecule has 0 heterocycles. The van der Waals surface area contributed by atoms with Gasteiger partial charge in [-0.3, -0.25) is 4.79 Å². The predicted molar refractivity (Wildman–Crippen MR) is 67.5 cm³/mol. The van der Waals surface area contributed by atoms with E-state index in [9.17, 15) is 9.59 Å². The van der Waals surface area contributed by atoms with Crippen LogP contribution in [0.4, 0.5) is 0 Å². The molecular weight excluding hydrogens is 212 g/mol. The SMILES string of the molecule is CC1=C(C=O)[C@H]2[C@@H](C(C)C)CC[C@]1(C)[C@H]2C=O. The Bertz CT molecular complexity index is 380. The highest BCUT2D eigenvalue weighted by Gasteiger charge is 2.55. The molecule has 0 unspecified atom stereocenters. The number of allylic oxidation sites excluding steroid dienone is 2. The summed E-state index contributed by atoms with van der Waals surface area (Å²) in [4.78, 5) is 22.8. The van der Waals surface area contributed by atoms with Crippen LogP contribution in [-0.2, 0) is 9.59 Å². The van der Waals surface area contributed by atoms with Gasteiger partial charge in [-0.15, -0.1) is 0 Å². The number of rotatable bonds is 3. The van der Waals surface area contributed by atoms with Crippen LogP contribution in [0.1, 0.15) is 40.5 Å². The van der Waals surface area contributed by atoms with E-state index in [1.807, 2.05) is 6.92 Å². The number of aldehydes is 2. The summed E-state index contributed by atoms with van der Waals surface area (Å²) in [6.07, 6.45) is 4.28. The summed E-state index contributed by atoms with van der Waals surface area (Å²) in [5, 5.41) is 0. The minimum atomic E-state index is -0.0615. The molecule has 1 saturated carbocycles. The van der Waals surface area contributed by atoms with Gasteiger partial charge in [0, 0.05) is 11.8 Å². The van der Waals surface area contributed by atoms with E-state index in [0.29, 0.717) is 11.8 Å². The Hall–Kier alpha value is -0.920. The molecule has 0 aromatic carbocycles. The van der Waals surface area contributed by atoms with Gasteiger partial charge in [-0.2, -0.15) is 0 Å². The number of hydrogen-bond acceptors (Lipinski definition) is 2. The summed E-state index contributed by atoms with van der Waals surface area (Å²) in [7, 11) is 0. The second kappa shape index (κ2) is 4.08. The number of fused-ring (bicyclic) bond motifs is 2. The van der Waals surface area contributed by atoms with Crippen molar-refractivity contribution in [1.29, 1.82) is 0 Å². The van der Waals surface area contributed by atoms with Gasteiger partial charge in [0.25, 0.3) is 0 Å². The third kappa shape index (κ3) is 1.53. The summed E-state index contributed by atoms with van der Waals surface area (Å²) in [5.74, 6) is 1.20. The van der Waals surface area contributed by atoms with Crippen molar-refractivity contribution in [3.05, 3.63) is 11.1 Å². The van der Waals surface area contributed by atoms with Crippen molar-refractivity contribution in [3.63, 3.8) is 0 Å². The van der Waals surface area contributed by atoms with Crippen LogP contribution in [0.5, 0.6) is 0 Å². The van der Waals surface area contributed by atoms with Crippen LogP contribution in [0.25, 0.3) is 0 Å². The zero-order chi connectivity index (χ0) is 12.8. The predicted octanol–water partition coefficient (Wildman–Crippen LogP) is 3.02. The Labute approximate surface area is 103 Å². The molecule has 17 heavy (non-hydrogen) atoms. The number of carbonyl (C=O) groups excluding carboxylic acids is 2. The fourth-order valence-corrected chi connectivity index (χ4v) is 4.07. The standard InChI is InChI=1S/C15H22O2/c1-9(2)11-5-6-15(4)10(3)12(7-16)14(11)13(15)8-17/h7-9,11,13-14H,5-6H2,1-4H3/t11-,13+,14-,15+/m1/s1. The monoisotopic (exact) mass is 234 g/mol. The maximum absolute atomic E-state index is 11.5. The molecule has 2 rings (SSSR count). The molecule has 0 saturated heterocycles. The lowest BCUT2D eigenvalue weighted by atomic mass is 9.60. The van der Waals surface area contributed by atoms with E-state index in [2.05, 4.69) is 20.8 Å². The fourth-order valence-electron chi connectivity index (χ4n) is 4.07. The van der Waals surface area contributed by atoms with Crippen LogP contribution in [0, 0.1) is 29.1 Å². The molecule has 2 aliphatic carbocycles. The maximum Gasteiger partial charge on any atom is 0.146 e. The quantitative estimate of drug-likeness (QED) is 0.703. The van der Waals surface area contributed by atoms with E-state index in [4.69, 9.17) is 0 Å². The molecule has 0 aromatic rings. The lowest BCUT2D eigenvalue weighted by Gasteiger charge is -2.43. The average molecular weight is 234 g/mol. The van der Waals surface area contributed by atoms with Crippen LogP contribution in [0.2, 0.25) is 0 Å². The van der Waals surface area contributed by atoms with Gasteiger partial charge in [0.1, 0.15) is 12.6 Å². The van der Waals surface area contributed by atoms with Gasteiger partial charge in [0.2, 0.25) is 0 Å². The Morgan fingerprint density at radius 2 is 2.00 bits per heavy atom. The molecule has 0 aromatic heterocycles. The van der Waals surface area contributed by atoms with Gasteiger partial charge in [-0.25, -0.2) is 0 Å². The second-order valence-electron chi connectivity index (χ2n) is 6.25. The highest BCUT2D eigenvalue weighted by Crippen LogP contribution is 2.60. The first-order valence-electron chi connectivity index (χ1n) is 6.59. The summed E-state index contributed by atoms with van der Waals surface area (Å²) in [6.45, 7) is 8.60. The topological polar surface area (TPSA) is 34.1 Å². The van der Waals surface area contributed by atoms with Crippen LogP contribution in [0.3, 0.4) is 0 Å². The van der Waals surface area contributed by atoms with E-state index in [1.54, 1.807) is 0 Å². The molecule has 0 amide bonds. The van der Waals surface area contributed by atoms with Crippen molar-refractivity contribution in [3.8, 4) is 0 Å². The Kier molecular flexibility index (Phi) is 3.01. The largest absolute Gasteiger partial charge is 0.303 e. The van der Waals surface area contributed by atoms with Crippen LogP contribution in [-0.4, -0.2) is 12.6 Å².